The molecule has 0 aromatic carbocycles. The second kappa shape index (κ2) is 5.87. The Bertz CT molecular complexity index is 196. The van der Waals surface area contributed by atoms with Gasteiger partial charge in [0.1, 0.15) is 36.6 Å². The monoisotopic (exact) mass is 238 g/mol. The first-order chi connectivity index (χ1) is 7.50. The summed E-state index contributed by atoms with van der Waals surface area (Å²) >= 11 is 0. The van der Waals surface area contributed by atoms with E-state index in [0.29, 0.717) is 6.42 Å². The van der Waals surface area contributed by atoms with Gasteiger partial charge >= 0.3 is 0 Å². The summed E-state index contributed by atoms with van der Waals surface area (Å²) in [4.78, 5) is 0. The number of aliphatic hydroxyl groups is 6. The zero-order valence-corrected chi connectivity index (χ0v) is 8.68. The zero-order chi connectivity index (χ0) is 12.3. The smallest absolute Gasteiger partial charge is 0.114 e. The molecule has 3 unspecified atom stereocenters. The van der Waals surface area contributed by atoms with Gasteiger partial charge in [0.25, 0.3) is 0 Å². The van der Waals surface area contributed by atoms with Crippen molar-refractivity contribution in [3.05, 3.63) is 0 Å². The Kier molecular flexibility index (Phi) is 5.06. The van der Waals surface area contributed by atoms with E-state index in [1.54, 1.807) is 0 Å². The molecule has 6 atom stereocenters. The third-order valence-electron chi connectivity index (χ3n) is 2.69. The van der Waals surface area contributed by atoms with Crippen LogP contribution in [0.5, 0.6) is 0 Å². The summed E-state index contributed by atoms with van der Waals surface area (Å²) in [5.41, 5.74) is 0. The lowest BCUT2D eigenvalue weighted by Gasteiger charge is -2.41. The first-order valence-corrected chi connectivity index (χ1v) is 5.13. The summed E-state index contributed by atoms with van der Waals surface area (Å²) < 4.78 is 5.05. The molecule has 0 heterocycles. The van der Waals surface area contributed by atoms with Crippen molar-refractivity contribution in [1.82, 2.24) is 0 Å². The third-order valence-corrected chi connectivity index (χ3v) is 2.69. The van der Waals surface area contributed by atoms with Crippen LogP contribution < -0.4 is 0 Å². The van der Waals surface area contributed by atoms with Gasteiger partial charge in [-0.15, -0.1) is 0 Å². The highest BCUT2D eigenvalue weighted by molar-refractivity contribution is 4.99. The van der Waals surface area contributed by atoms with Crippen LogP contribution >= 0.6 is 0 Å². The van der Waals surface area contributed by atoms with Crippen LogP contribution in [-0.2, 0) is 4.74 Å². The predicted molar refractivity (Wildman–Crippen MR) is 51.5 cm³/mol. The van der Waals surface area contributed by atoms with Gasteiger partial charge in [-0.05, 0) is 6.42 Å². The fraction of sp³-hybridized carbons (Fsp3) is 1.00. The molecule has 0 radical (unpaired) electrons. The van der Waals surface area contributed by atoms with Crippen molar-refractivity contribution in [3.63, 3.8) is 0 Å². The first kappa shape index (κ1) is 13.8. The Balaban J connectivity index is 2.60. The van der Waals surface area contributed by atoms with Crippen LogP contribution in [0.4, 0.5) is 0 Å². The number of ether oxygens (including phenoxy) is 1. The summed E-state index contributed by atoms with van der Waals surface area (Å²) in [5, 5.41) is 55.6. The van der Waals surface area contributed by atoms with Crippen LogP contribution in [-0.4, -0.2) is 80.5 Å². The lowest BCUT2D eigenvalue weighted by Crippen LogP contribution is -2.64. The second-order valence-corrected chi connectivity index (χ2v) is 3.87. The van der Waals surface area contributed by atoms with Crippen molar-refractivity contribution in [2.75, 3.05) is 13.2 Å². The van der Waals surface area contributed by atoms with Gasteiger partial charge < -0.3 is 35.4 Å². The van der Waals surface area contributed by atoms with E-state index in [4.69, 9.17) is 9.84 Å². The molecule has 7 nitrogen and oxygen atoms in total. The van der Waals surface area contributed by atoms with Gasteiger partial charge in [-0.2, -0.15) is 0 Å². The number of aliphatic hydroxyl groups excluding tert-OH is 6. The van der Waals surface area contributed by atoms with Gasteiger partial charge in [0.15, 0.2) is 0 Å². The summed E-state index contributed by atoms with van der Waals surface area (Å²) in [6.07, 6.45) is -8.58. The van der Waals surface area contributed by atoms with Crippen LogP contribution in [0.2, 0.25) is 0 Å². The molecule has 0 saturated heterocycles. The van der Waals surface area contributed by atoms with E-state index in [-0.39, 0.29) is 13.2 Å². The molecule has 1 fully saturated rings. The highest BCUT2D eigenvalue weighted by Gasteiger charge is 2.48. The first-order valence-electron chi connectivity index (χ1n) is 5.13. The minimum atomic E-state index is -1.61. The van der Waals surface area contributed by atoms with Gasteiger partial charge in [-0.3, -0.25) is 0 Å². The van der Waals surface area contributed by atoms with E-state index in [2.05, 4.69) is 0 Å². The molecular formula is C9H18O7. The number of rotatable bonds is 4. The van der Waals surface area contributed by atoms with Gasteiger partial charge in [-0.25, -0.2) is 0 Å². The largest absolute Gasteiger partial charge is 0.396 e. The van der Waals surface area contributed by atoms with Gasteiger partial charge in [0, 0.05) is 13.2 Å². The molecule has 96 valence electrons. The molecule has 6 N–H and O–H groups in total. The average molecular weight is 238 g/mol. The molecule has 0 amide bonds. The maximum absolute atomic E-state index is 9.53. The van der Waals surface area contributed by atoms with E-state index in [1.165, 1.54) is 0 Å². The lowest BCUT2D eigenvalue weighted by molar-refractivity contribution is -0.235. The lowest BCUT2D eigenvalue weighted by atomic mass is 9.85. The number of hydrogen-bond donors (Lipinski definition) is 6. The molecule has 0 aromatic rings. The zero-order valence-electron chi connectivity index (χ0n) is 8.68. The molecule has 0 aliphatic heterocycles. The Hall–Kier alpha value is -0.280. The SMILES string of the molecule is OCCCO[C@@H]1C(O)C(O)[C@H](O)C(O)[C@@H]1O. The minimum absolute atomic E-state index is 0.0742. The van der Waals surface area contributed by atoms with Crippen molar-refractivity contribution in [1.29, 1.82) is 0 Å². The van der Waals surface area contributed by atoms with E-state index in [1.807, 2.05) is 0 Å². The van der Waals surface area contributed by atoms with Gasteiger partial charge in [0.05, 0.1) is 0 Å². The van der Waals surface area contributed by atoms with Crippen molar-refractivity contribution in [3.8, 4) is 0 Å². The molecule has 0 bridgehead atoms. The van der Waals surface area contributed by atoms with E-state index in [0.717, 1.165) is 0 Å². The molecule has 7 heteroatoms. The number of hydrogen-bond acceptors (Lipinski definition) is 7. The average Bonchev–Trinajstić information content (AvgIpc) is 2.28. The molecule has 16 heavy (non-hydrogen) atoms. The highest BCUT2D eigenvalue weighted by Crippen LogP contribution is 2.23. The third kappa shape index (κ3) is 2.69. The second-order valence-electron chi connectivity index (χ2n) is 3.87. The van der Waals surface area contributed by atoms with Crippen LogP contribution in [0.1, 0.15) is 6.42 Å². The quantitative estimate of drug-likeness (QED) is 0.281. The van der Waals surface area contributed by atoms with Crippen molar-refractivity contribution < 1.29 is 35.4 Å². The van der Waals surface area contributed by atoms with E-state index >= 15 is 0 Å². The molecule has 0 aromatic heterocycles. The molecule has 1 saturated carbocycles. The topological polar surface area (TPSA) is 131 Å². The molecular weight excluding hydrogens is 220 g/mol. The van der Waals surface area contributed by atoms with Crippen LogP contribution in [0.3, 0.4) is 0 Å². The summed E-state index contributed by atoms with van der Waals surface area (Å²) in [6, 6.07) is 0. The predicted octanol–water partition coefficient (Wildman–Crippen LogP) is -3.43. The fourth-order valence-corrected chi connectivity index (χ4v) is 1.68. The summed E-state index contributed by atoms with van der Waals surface area (Å²) in [6.45, 7) is -0.0303. The Morgan fingerprint density at radius 3 is 1.62 bits per heavy atom. The maximum Gasteiger partial charge on any atom is 0.114 e. The van der Waals surface area contributed by atoms with Crippen molar-refractivity contribution >= 4 is 0 Å². The van der Waals surface area contributed by atoms with E-state index in [9.17, 15) is 25.5 Å². The van der Waals surface area contributed by atoms with Crippen molar-refractivity contribution in [2.24, 2.45) is 0 Å². The van der Waals surface area contributed by atoms with Gasteiger partial charge in [0.2, 0.25) is 0 Å². The molecule has 1 aliphatic rings. The minimum Gasteiger partial charge on any atom is -0.396 e. The van der Waals surface area contributed by atoms with Crippen molar-refractivity contribution in [2.45, 2.75) is 43.0 Å². The highest BCUT2D eigenvalue weighted by atomic mass is 16.5. The maximum atomic E-state index is 9.53. The summed E-state index contributed by atoms with van der Waals surface area (Å²) in [7, 11) is 0. The molecule has 1 rings (SSSR count). The normalized spacial score (nSPS) is 44.6. The Morgan fingerprint density at radius 1 is 0.750 bits per heavy atom. The van der Waals surface area contributed by atoms with E-state index < -0.39 is 36.6 Å². The van der Waals surface area contributed by atoms with Crippen LogP contribution in [0.15, 0.2) is 0 Å². The summed E-state index contributed by atoms with van der Waals surface area (Å²) in [5.74, 6) is 0. The molecule has 0 spiro atoms. The Labute approximate surface area is 92.5 Å². The van der Waals surface area contributed by atoms with Crippen LogP contribution in [0.25, 0.3) is 0 Å². The fourth-order valence-electron chi connectivity index (χ4n) is 1.68. The van der Waals surface area contributed by atoms with Gasteiger partial charge in [-0.1, -0.05) is 0 Å². The van der Waals surface area contributed by atoms with Crippen LogP contribution in [0, 0.1) is 0 Å². The standard InChI is InChI=1S/C9H18O7/c10-2-1-3-16-9-7(14)5(12)4(11)6(13)8(9)15/h4-15H,1-3H2/t4-,5?,6?,7+,8?,9+/m1/s1. The molecule has 1 aliphatic carbocycles. The Morgan fingerprint density at radius 2 is 1.19 bits per heavy atom.